The second-order valence-corrected chi connectivity index (χ2v) is 7.12. The van der Waals surface area contributed by atoms with E-state index < -0.39 is 0 Å². The van der Waals surface area contributed by atoms with Gasteiger partial charge in [0.1, 0.15) is 18.0 Å². The summed E-state index contributed by atoms with van der Waals surface area (Å²) < 4.78 is 26.5. The van der Waals surface area contributed by atoms with Crippen LogP contribution in [0.2, 0.25) is 0 Å². The van der Waals surface area contributed by atoms with Crippen molar-refractivity contribution in [2.75, 3.05) is 18.5 Å². The molecule has 4 rings (SSSR count). The highest BCUT2D eigenvalue weighted by Crippen LogP contribution is 2.44. The summed E-state index contributed by atoms with van der Waals surface area (Å²) in [5.41, 5.74) is 3.46. The second kappa shape index (κ2) is 6.34. The number of fused-ring (bicyclic) bond motifs is 3. The molecule has 24 heavy (non-hydrogen) atoms. The van der Waals surface area contributed by atoms with Gasteiger partial charge in [-0.25, -0.2) is 4.39 Å². The normalized spacial score (nSPS) is 31.9. The molecule has 2 aliphatic heterocycles. The zero-order chi connectivity index (χ0) is 16.7. The highest BCUT2D eigenvalue weighted by atomic mass is 19.1. The van der Waals surface area contributed by atoms with Crippen LogP contribution in [0.1, 0.15) is 43.4 Å². The quantitative estimate of drug-likeness (QED) is 0.867. The SMILES string of the molecule is CC(C)c1ccc2c(c1)[C@H]1OCCO[C@H]1[C@H](C1CC=CC=C1F)N2. The lowest BCUT2D eigenvalue weighted by molar-refractivity contribution is -0.154. The number of hydrogen-bond acceptors (Lipinski definition) is 3. The Hall–Kier alpha value is -1.65. The smallest absolute Gasteiger partial charge is 0.113 e. The zero-order valence-electron chi connectivity index (χ0n) is 14.2. The predicted octanol–water partition coefficient (Wildman–Crippen LogP) is 4.49. The van der Waals surface area contributed by atoms with Crippen molar-refractivity contribution in [3.63, 3.8) is 0 Å². The van der Waals surface area contributed by atoms with Crippen molar-refractivity contribution >= 4 is 5.69 Å². The van der Waals surface area contributed by atoms with Gasteiger partial charge >= 0.3 is 0 Å². The molecule has 3 nitrogen and oxygen atoms in total. The number of anilines is 1. The van der Waals surface area contributed by atoms with Crippen LogP contribution in [0.4, 0.5) is 10.1 Å². The fraction of sp³-hybridized carbons (Fsp3) is 0.500. The predicted molar refractivity (Wildman–Crippen MR) is 92.8 cm³/mol. The first-order valence-corrected chi connectivity index (χ1v) is 8.81. The van der Waals surface area contributed by atoms with Crippen LogP contribution in [0.15, 0.2) is 42.3 Å². The van der Waals surface area contributed by atoms with E-state index in [-0.39, 0.29) is 30.0 Å². The summed E-state index contributed by atoms with van der Waals surface area (Å²) in [6.45, 7) is 5.52. The Morgan fingerprint density at radius 3 is 2.83 bits per heavy atom. The number of halogens is 1. The van der Waals surface area contributed by atoms with Gasteiger partial charge in [0, 0.05) is 17.2 Å². The maximum atomic E-state index is 14.4. The van der Waals surface area contributed by atoms with Crippen molar-refractivity contribution in [3.05, 3.63) is 53.4 Å². The summed E-state index contributed by atoms with van der Waals surface area (Å²) in [5, 5.41) is 3.54. The molecule has 0 radical (unpaired) electrons. The van der Waals surface area contributed by atoms with E-state index in [9.17, 15) is 4.39 Å². The molecular weight excluding hydrogens is 305 g/mol. The Morgan fingerprint density at radius 1 is 1.21 bits per heavy atom. The lowest BCUT2D eigenvalue weighted by Crippen LogP contribution is -2.51. The summed E-state index contributed by atoms with van der Waals surface area (Å²) >= 11 is 0. The number of hydrogen-bond donors (Lipinski definition) is 1. The van der Waals surface area contributed by atoms with Crippen LogP contribution in [0.3, 0.4) is 0 Å². The number of benzene rings is 1. The van der Waals surface area contributed by atoms with E-state index in [2.05, 4.69) is 37.4 Å². The largest absolute Gasteiger partial charge is 0.379 e. The fourth-order valence-electron chi connectivity index (χ4n) is 3.94. The fourth-order valence-corrected chi connectivity index (χ4v) is 3.94. The Balaban J connectivity index is 1.72. The van der Waals surface area contributed by atoms with Crippen LogP contribution >= 0.6 is 0 Å². The van der Waals surface area contributed by atoms with E-state index in [1.807, 2.05) is 6.08 Å². The van der Waals surface area contributed by atoms with Crippen LogP contribution in [0.5, 0.6) is 0 Å². The summed E-state index contributed by atoms with van der Waals surface area (Å²) in [4.78, 5) is 0. The number of allylic oxidation sites excluding steroid dienone is 3. The summed E-state index contributed by atoms with van der Waals surface area (Å²) in [5.74, 6) is 0.173. The van der Waals surface area contributed by atoms with Crippen molar-refractivity contribution in [2.45, 2.75) is 44.4 Å². The summed E-state index contributed by atoms with van der Waals surface area (Å²) in [6.07, 6.45) is 5.76. The highest BCUT2D eigenvalue weighted by molar-refractivity contribution is 5.58. The summed E-state index contributed by atoms with van der Waals surface area (Å²) in [7, 11) is 0. The Kier molecular flexibility index (Phi) is 4.19. The van der Waals surface area contributed by atoms with Crippen molar-refractivity contribution in [1.29, 1.82) is 0 Å². The maximum absolute atomic E-state index is 14.4. The number of rotatable bonds is 2. The van der Waals surface area contributed by atoms with E-state index in [1.165, 1.54) is 5.56 Å². The maximum Gasteiger partial charge on any atom is 0.113 e. The Labute approximate surface area is 142 Å². The van der Waals surface area contributed by atoms with Crippen molar-refractivity contribution in [3.8, 4) is 0 Å². The van der Waals surface area contributed by atoms with Crippen molar-refractivity contribution < 1.29 is 13.9 Å². The minimum atomic E-state index is -0.206. The Morgan fingerprint density at radius 2 is 2.04 bits per heavy atom. The van der Waals surface area contributed by atoms with Gasteiger partial charge in [0.2, 0.25) is 0 Å². The minimum Gasteiger partial charge on any atom is -0.379 e. The third kappa shape index (κ3) is 2.68. The topological polar surface area (TPSA) is 30.5 Å². The second-order valence-electron chi connectivity index (χ2n) is 7.12. The van der Waals surface area contributed by atoms with Crippen molar-refractivity contribution in [2.24, 2.45) is 5.92 Å². The Bertz CT molecular complexity index is 682. The van der Waals surface area contributed by atoms with E-state index in [4.69, 9.17) is 9.47 Å². The van der Waals surface area contributed by atoms with Crippen LogP contribution in [-0.2, 0) is 9.47 Å². The highest BCUT2D eigenvalue weighted by Gasteiger charge is 2.44. The van der Waals surface area contributed by atoms with Crippen LogP contribution in [-0.4, -0.2) is 25.4 Å². The molecule has 0 aromatic heterocycles. The zero-order valence-corrected chi connectivity index (χ0v) is 14.2. The van der Waals surface area contributed by atoms with E-state index in [1.54, 1.807) is 12.2 Å². The number of nitrogens with one attached hydrogen (secondary N) is 1. The van der Waals surface area contributed by atoms with Gasteiger partial charge in [0.05, 0.1) is 19.3 Å². The first kappa shape index (κ1) is 15.9. The molecule has 1 aliphatic carbocycles. The average molecular weight is 329 g/mol. The molecule has 3 aliphatic rings. The van der Waals surface area contributed by atoms with Gasteiger partial charge in [-0.05, 0) is 30.0 Å². The van der Waals surface area contributed by atoms with Crippen LogP contribution in [0.25, 0.3) is 0 Å². The molecule has 1 N–H and O–H groups in total. The molecule has 4 atom stereocenters. The van der Waals surface area contributed by atoms with Gasteiger partial charge in [0.15, 0.2) is 0 Å². The average Bonchev–Trinajstić information content (AvgIpc) is 2.61. The molecule has 0 amide bonds. The molecule has 128 valence electrons. The van der Waals surface area contributed by atoms with Crippen LogP contribution in [0, 0.1) is 5.92 Å². The molecular formula is C20H24FNO2. The molecule has 1 aromatic rings. The first-order chi connectivity index (χ1) is 11.6. The van der Waals surface area contributed by atoms with Gasteiger partial charge in [-0.1, -0.05) is 38.1 Å². The van der Waals surface area contributed by atoms with Gasteiger partial charge in [0.25, 0.3) is 0 Å². The third-order valence-corrected chi connectivity index (χ3v) is 5.28. The molecule has 1 aromatic carbocycles. The van der Waals surface area contributed by atoms with Crippen molar-refractivity contribution in [1.82, 2.24) is 0 Å². The van der Waals surface area contributed by atoms with Gasteiger partial charge in [-0.3, -0.25) is 0 Å². The van der Waals surface area contributed by atoms with Gasteiger partial charge in [-0.2, -0.15) is 0 Å². The molecule has 2 heterocycles. The van der Waals surface area contributed by atoms with Gasteiger partial charge < -0.3 is 14.8 Å². The molecule has 1 unspecified atom stereocenters. The third-order valence-electron chi connectivity index (χ3n) is 5.28. The molecule has 0 spiro atoms. The molecule has 0 saturated carbocycles. The molecule has 1 saturated heterocycles. The summed E-state index contributed by atoms with van der Waals surface area (Å²) in [6, 6.07) is 6.34. The number of ether oxygens (including phenoxy) is 2. The standard InChI is InChI=1S/C20H24FNO2/c1-12(2)13-7-8-17-15(11-13)19-20(24-10-9-23-19)18(22-17)14-5-3-4-6-16(14)21/h3-4,6-8,11-12,14,18-20,22H,5,9-10H2,1-2H3/t14?,18-,19+,20-/m0/s1. The molecule has 1 fully saturated rings. The van der Waals surface area contributed by atoms with E-state index in [0.717, 1.165) is 11.3 Å². The first-order valence-electron chi connectivity index (χ1n) is 8.81. The van der Waals surface area contributed by atoms with Gasteiger partial charge in [-0.15, -0.1) is 0 Å². The lowest BCUT2D eigenvalue weighted by Gasteiger charge is -2.45. The van der Waals surface area contributed by atoms with Crippen LogP contribution < -0.4 is 5.32 Å². The van der Waals surface area contributed by atoms with E-state index in [0.29, 0.717) is 25.6 Å². The monoisotopic (exact) mass is 329 g/mol. The molecule has 0 bridgehead atoms. The van der Waals surface area contributed by atoms with E-state index >= 15 is 0 Å². The minimum absolute atomic E-state index is 0.0785. The lowest BCUT2D eigenvalue weighted by atomic mass is 9.80. The molecule has 4 heteroatoms.